The fourth-order valence-electron chi connectivity index (χ4n) is 11.6. The molecule has 0 bridgehead atoms. The SMILES string of the molecule is C/C=C\c1nc(C[C@@H](C)[C@@H](O)[C@H]2C(=O)N[C@@H](CC)C(=O)N(C)CC(=O)N(C)[C@@H](CC(C)C)C(=O)N[C@@H](C(C)C)C(=O)N(C)[C@@H](CC(C)C)C(=O)N[C@@H](C)C(=O)N[C@H](C)C(=O)N(C)[C@@H](CC(C)C)C(=O)N(C)[C@@H](CC(C)C)C(=O)N(C)[C@@H](C(C)C)C(=O)N2C)[nH]c1C. The van der Waals surface area contributed by atoms with Crippen LogP contribution < -0.4 is 21.3 Å². The Morgan fingerprint density at radius 3 is 1.42 bits per heavy atom. The van der Waals surface area contributed by atoms with Crippen molar-refractivity contribution < 1.29 is 57.8 Å². The topological polar surface area (TPSA) is 307 Å². The van der Waals surface area contributed by atoms with Gasteiger partial charge in [-0.1, -0.05) is 103 Å². The Bertz CT molecular complexity index is 2710. The fourth-order valence-corrected chi connectivity index (χ4v) is 11.6. The summed E-state index contributed by atoms with van der Waals surface area (Å²) in [7, 11) is 9.89. The first kappa shape index (κ1) is 80.2. The van der Waals surface area contributed by atoms with Gasteiger partial charge in [0.25, 0.3) is 0 Å². The second kappa shape index (κ2) is 35.8. The molecule has 1 aromatic rings. The number of likely N-dealkylation sites (N-methyl/N-ethyl adjacent to an activating group) is 7. The van der Waals surface area contributed by atoms with Gasteiger partial charge >= 0.3 is 0 Å². The van der Waals surface area contributed by atoms with Crippen molar-refractivity contribution in [1.82, 2.24) is 65.5 Å². The van der Waals surface area contributed by atoms with Gasteiger partial charge in [0, 0.05) is 61.4 Å². The minimum atomic E-state index is -1.69. The molecule has 25 heteroatoms. The molecule has 1 saturated heterocycles. The molecule has 1 fully saturated rings. The average Bonchev–Trinajstić information content (AvgIpc) is 1.60. The molecule has 91 heavy (non-hydrogen) atoms. The van der Waals surface area contributed by atoms with Gasteiger partial charge in [-0.05, 0) is 107 Å². The maximum atomic E-state index is 15.4. The van der Waals surface area contributed by atoms with E-state index in [-0.39, 0.29) is 62.2 Å². The van der Waals surface area contributed by atoms with Crippen LogP contribution in [0.15, 0.2) is 6.08 Å². The molecular weight excluding hydrogens is 1170 g/mol. The van der Waals surface area contributed by atoms with E-state index in [9.17, 15) is 38.7 Å². The summed E-state index contributed by atoms with van der Waals surface area (Å²) < 4.78 is 0. The first-order valence-electron chi connectivity index (χ1n) is 32.5. The molecule has 0 unspecified atom stereocenters. The number of amides is 11. The predicted molar refractivity (Wildman–Crippen MR) is 351 cm³/mol. The molecule has 0 aromatic carbocycles. The molecular formula is C66H115N13O12. The summed E-state index contributed by atoms with van der Waals surface area (Å²) in [5.74, 6) is -9.62. The van der Waals surface area contributed by atoms with Crippen molar-refractivity contribution in [2.45, 2.75) is 230 Å². The van der Waals surface area contributed by atoms with E-state index in [0.29, 0.717) is 11.5 Å². The first-order chi connectivity index (χ1) is 42.1. The summed E-state index contributed by atoms with van der Waals surface area (Å²) in [6.07, 6.45) is 2.73. The second-order valence-electron chi connectivity index (χ2n) is 27.7. The molecule has 516 valence electrons. The number of aromatic nitrogens is 2. The van der Waals surface area contributed by atoms with Crippen LogP contribution in [0, 0.1) is 48.3 Å². The monoisotopic (exact) mass is 1280 g/mol. The van der Waals surface area contributed by atoms with Crippen molar-refractivity contribution in [3.8, 4) is 0 Å². The van der Waals surface area contributed by atoms with Crippen molar-refractivity contribution in [2.24, 2.45) is 41.4 Å². The Hall–Kier alpha value is -6.92. The average molecular weight is 1280 g/mol. The largest absolute Gasteiger partial charge is 0.390 e. The van der Waals surface area contributed by atoms with E-state index in [1.54, 1.807) is 41.5 Å². The van der Waals surface area contributed by atoms with E-state index in [4.69, 9.17) is 0 Å². The standard InChI is InChI=1S/C66H115N13O12/c1-26-28-46-42(16)67-51(70-46)33-41(15)56(81)55-60(85)71-45(27-2)62(87)73(19)34-52(80)74(20)47(29-35(3)4)59(84)72-53(39(11)12)65(90)75(21)48(30-36(5)6)58(83)68-43(17)57(82)69-44(18)61(86)76(22)49(31-37(7)8)63(88)77(23)50(32-38(9)10)64(89)78(24)54(40(13)14)66(91)79(55)25/h26,28,35-41,43-45,47-50,53-56,81H,27,29-34H2,1-25H3,(H,67,70)(H,68,83)(H,69,82)(H,71,85)(H,72,84)/b28-26-/t41-,43+,44-,45+,47+,48+,49+,50+,53+,54+,55+,56-/m1/s1. The van der Waals surface area contributed by atoms with Gasteiger partial charge < -0.3 is 65.7 Å². The number of H-pyrrole nitrogens is 1. The molecule has 1 aliphatic rings. The van der Waals surface area contributed by atoms with Crippen LogP contribution in [0.4, 0.5) is 0 Å². The summed E-state index contributed by atoms with van der Waals surface area (Å²) >= 11 is 0. The highest BCUT2D eigenvalue weighted by molar-refractivity contribution is 5.99. The van der Waals surface area contributed by atoms with Gasteiger partial charge in [0.1, 0.15) is 66.2 Å². The van der Waals surface area contributed by atoms with Crippen LogP contribution in [-0.4, -0.2) is 237 Å². The number of aryl methyl sites for hydroxylation is 1. The molecule has 1 aromatic heterocycles. The summed E-state index contributed by atoms with van der Waals surface area (Å²) in [6, 6.07) is -12.6. The molecule has 25 nitrogen and oxygen atoms in total. The van der Waals surface area contributed by atoms with Crippen LogP contribution >= 0.6 is 0 Å². The summed E-state index contributed by atoms with van der Waals surface area (Å²) in [5.41, 5.74) is 1.44. The maximum absolute atomic E-state index is 15.4. The molecule has 1 aliphatic heterocycles. The number of aliphatic hydroxyl groups is 1. The van der Waals surface area contributed by atoms with Crippen LogP contribution in [0.25, 0.3) is 6.08 Å². The van der Waals surface area contributed by atoms with E-state index in [1.165, 1.54) is 87.7 Å². The lowest BCUT2D eigenvalue weighted by Crippen LogP contribution is -2.63. The Labute approximate surface area is 542 Å². The molecule has 12 atom stereocenters. The summed E-state index contributed by atoms with van der Waals surface area (Å²) in [4.78, 5) is 178. The third-order valence-corrected chi connectivity index (χ3v) is 17.1. The van der Waals surface area contributed by atoms with Gasteiger partial charge in [0.2, 0.25) is 65.0 Å². The number of nitrogens with one attached hydrogen (secondary N) is 5. The minimum Gasteiger partial charge on any atom is -0.390 e. The second-order valence-corrected chi connectivity index (χ2v) is 27.7. The lowest BCUT2D eigenvalue weighted by atomic mass is 9.91. The Balaban J connectivity index is 3.02. The third-order valence-electron chi connectivity index (χ3n) is 17.1. The normalized spacial score (nSPS) is 25.9. The van der Waals surface area contributed by atoms with Gasteiger partial charge in [-0.25, -0.2) is 4.98 Å². The van der Waals surface area contributed by atoms with Crippen LogP contribution in [0.5, 0.6) is 0 Å². The molecule has 0 radical (unpaired) electrons. The number of imidazole rings is 1. The lowest BCUT2D eigenvalue weighted by Gasteiger charge is -2.41. The van der Waals surface area contributed by atoms with Gasteiger partial charge in [-0.3, -0.25) is 52.7 Å². The van der Waals surface area contributed by atoms with E-state index >= 15 is 19.2 Å². The number of aliphatic hydroxyl groups excluding tert-OH is 1. The number of aromatic amines is 1. The van der Waals surface area contributed by atoms with Crippen molar-refractivity contribution in [1.29, 1.82) is 0 Å². The van der Waals surface area contributed by atoms with E-state index in [2.05, 4.69) is 31.2 Å². The zero-order valence-electron chi connectivity index (χ0n) is 59.5. The van der Waals surface area contributed by atoms with Gasteiger partial charge in [-0.15, -0.1) is 0 Å². The number of hydrogen-bond donors (Lipinski definition) is 6. The molecule has 11 amide bonds. The van der Waals surface area contributed by atoms with E-state index < -0.39 is 156 Å². The zero-order chi connectivity index (χ0) is 70.1. The maximum Gasteiger partial charge on any atom is 0.246 e. The summed E-state index contributed by atoms with van der Waals surface area (Å²) in [6.45, 7) is 31.2. The van der Waals surface area contributed by atoms with E-state index in [1.807, 2.05) is 81.4 Å². The number of allylic oxidation sites excluding steroid dienone is 1. The molecule has 2 rings (SSSR count). The predicted octanol–water partition coefficient (Wildman–Crippen LogP) is 3.61. The Kier molecular flexibility index (Phi) is 31.5. The number of rotatable bonds is 16. The van der Waals surface area contributed by atoms with Crippen molar-refractivity contribution in [3.63, 3.8) is 0 Å². The fraction of sp³-hybridized carbons (Fsp3) is 0.758. The zero-order valence-corrected chi connectivity index (χ0v) is 59.5. The third kappa shape index (κ3) is 21.9. The number of carbonyl (C=O) groups excluding carboxylic acids is 11. The molecule has 2 heterocycles. The van der Waals surface area contributed by atoms with Crippen LogP contribution in [0.2, 0.25) is 0 Å². The van der Waals surface area contributed by atoms with Crippen LogP contribution in [-0.2, 0) is 59.2 Å². The van der Waals surface area contributed by atoms with Gasteiger partial charge in [-0.2, -0.15) is 0 Å². The Morgan fingerprint density at radius 2 is 0.945 bits per heavy atom. The number of nitrogens with zero attached hydrogens (tertiary/aromatic N) is 8. The van der Waals surface area contributed by atoms with Crippen molar-refractivity contribution in [3.05, 3.63) is 23.3 Å². The lowest BCUT2D eigenvalue weighted by molar-refractivity contribution is -0.157. The molecule has 0 aliphatic carbocycles. The number of hydrogen-bond acceptors (Lipinski definition) is 13. The van der Waals surface area contributed by atoms with Gasteiger partial charge in [0.05, 0.1) is 18.3 Å². The summed E-state index contributed by atoms with van der Waals surface area (Å²) in [5, 5.41) is 23.5. The Morgan fingerprint density at radius 1 is 0.505 bits per heavy atom. The van der Waals surface area contributed by atoms with Crippen molar-refractivity contribution >= 4 is 71.1 Å². The van der Waals surface area contributed by atoms with Crippen LogP contribution in [0.3, 0.4) is 0 Å². The highest BCUT2D eigenvalue weighted by atomic mass is 16.3. The molecule has 6 N–H and O–H groups in total. The molecule has 0 spiro atoms. The van der Waals surface area contributed by atoms with E-state index in [0.717, 1.165) is 15.5 Å². The number of carbonyl (C=O) groups is 11. The van der Waals surface area contributed by atoms with Gasteiger partial charge in [0.15, 0.2) is 0 Å². The highest BCUT2D eigenvalue weighted by Gasteiger charge is 2.46. The minimum absolute atomic E-state index is 0.00409. The highest BCUT2D eigenvalue weighted by Crippen LogP contribution is 2.26. The first-order valence-corrected chi connectivity index (χ1v) is 32.5. The van der Waals surface area contributed by atoms with Crippen molar-refractivity contribution in [2.75, 3.05) is 55.9 Å². The van der Waals surface area contributed by atoms with Crippen LogP contribution in [0.1, 0.15) is 167 Å². The molecule has 0 saturated carbocycles. The smallest absolute Gasteiger partial charge is 0.246 e. The quantitative estimate of drug-likeness (QED) is 0.138.